The summed E-state index contributed by atoms with van der Waals surface area (Å²) in [6.07, 6.45) is 2.50. The van der Waals surface area contributed by atoms with E-state index in [1.54, 1.807) is 6.07 Å². The maximum absolute atomic E-state index is 6.05. The Hall–Kier alpha value is -0.320. The SMILES string of the molecule is Nc1nc(NCC2CCSCC2)c(Cl)cc1Cl. The molecule has 1 saturated heterocycles. The van der Waals surface area contributed by atoms with E-state index >= 15 is 0 Å². The summed E-state index contributed by atoms with van der Waals surface area (Å²) in [5.74, 6) is 4.14. The molecule has 2 rings (SSSR count). The second-order valence-corrected chi connectivity index (χ2v) is 6.16. The average Bonchev–Trinajstić information content (AvgIpc) is 2.33. The number of nitrogens with one attached hydrogen (secondary N) is 1. The minimum atomic E-state index is 0.317. The van der Waals surface area contributed by atoms with Gasteiger partial charge < -0.3 is 11.1 Å². The van der Waals surface area contributed by atoms with Crippen LogP contribution in [0, 0.1) is 5.92 Å². The van der Waals surface area contributed by atoms with Crippen molar-refractivity contribution in [3.8, 4) is 0 Å². The number of rotatable bonds is 3. The Balaban J connectivity index is 1.96. The monoisotopic (exact) mass is 291 g/mol. The first-order valence-corrected chi connectivity index (χ1v) is 7.51. The quantitative estimate of drug-likeness (QED) is 0.895. The summed E-state index contributed by atoms with van der Waals surface area (Å²) in [5.41, 5.74) is 5.65. The van der Waals surface area contributed by atoms with Crippen molar-refractivity contribution in [2.24, 2.45) is 5.92 Å². The topological polar surface area (TPSA) is 50.9 Å². The van der Waals surface area contributed by atoms with E-state index in [0.29, 0.717) is 27.6 Å². The number of pyridine rings is 1. The highest BCUT2D eigenvalue weighted by Crippen LogP contribution is 2.28. The lowest BCUT2D eigenvalue weighted by Crippen LogP contribution is -2.19. The van der Waals surface area contributed by atoms with Crippen LogP contribution in [0.25, 0.3) is 0 Å². The zero-order valence-electron chi connectivity index (χ0n) is 9.38. The van der Waals surface area contributed by atoms with Crippen LogP contribution in [0.2, 0.25) is 10.0 Å². The average molecular weight is 292 g/mol. The lowest BCUT2D eigenvalue weighted by molar-refractivity contribution is 0.515. The van der Waals surface area contributed by atoms with E-state index < -0.39 is 0 Å². The highest BCUT2D eigenvalue weighted by Gasteiger charge is 2.14. The van der Waals surface area contributed by atoms with Crippen LogP contribution in [0.3, 0.4) is 0 Å². The van der Waals surface area contributed by atoms with Gasteiger partial charge >= 0.3 is 0 Å². The van der Waals surface area contributed by atoms with Gasteiger partial charge in [-0.25, -0.2) is 4.98 Å². The molecule has 0 saturated carbocycles. The number of hydrogen-bond donors (Lipinski definition) is 2. The number of thioether (sulfide) groups is 1. The standard InChI is InChI=1S/C11H15Cl2N3S/c12-8-5-9(13)11(16-10(8)14)15-6-7-1-3-17-4-2-7/h5,7H,1-4,6H2,(H3,14,15,16). The first kappa shape index (κ1) is 13.1. The lowest BCUT2D eigenvalue weighted by atomic mass is 10.0. The summed E-state index contributed by atoms with van der Waals surface area (Å²) < 4.78 is 0. The van der Waals surface area contributed by atoms with Crippen LogP contribution in [0.4, 0.5) is 11.6 Å². The van der Waals surface area contributed by atoms with Crippen molar-refractivity contribution in [3.63, 3.8) is 0 Å². The summed E-state index contributed by atoms with van der Waals surface area (Å²) in [7, 11) is 0. The first-order valence-electron chi connectivity index (χ1n) is 5.60. The van der Waals surface area contributed by atoms with E-state index in [0.717, 1.165) is 6.54 Å². The number of hydrogen-bond acceptors (Lipinski definition) is 4. The Morgan fingerprint density at radius 1 is 1.35 bits per heavy atom. The van der Waals surface area contributed by atoms with Gasteiger partial charge in [0.25, 0.3) is 0 Å². The molecule has 6 heteroatoms. The molecule has 1 fully saturated rings. The number of nitrogens with zero attached hydrogens (tertiary/aromatic N) is 1. The van der Waals surface area contributed by atoms with Crippen LogP contribution in [0.15, 0.2) is 6.07 Å². The molecular formula is C11H15Cl2N3S. The van der Waals surface area contributed by atoms with E-state index in [1.807, 2.05) is 11.8 Å². The lowest BCUT2D eigenvalue weighted by Gasteiger charge is -2.22. The molecule has 3 nitrogen and oxygen atoms in total. The molecule has 0 radical (unpaired) electrons. The number of halogens is 2. The predicted molar refractivity (Wildman–Crippen MR) is 77.2 cm³/mol. The van der Waals surface area contributed by atoms with Crippen LogP contribution in [-0.2, 0) is 0 Å². The van der Waals surface area contributed by atoms with E-state index in [9.17, 15) is 0 Å². The molecule has 0 bridgehead atoms. The highest BCUT2D eigenvalue weighted by atomic mass is 35.5. The fourth-order valence-corrected chi connectivity index (χ4v) is 3.43. The molecule has 2 heterocycles. The number of nitrogens with two attached hydrogens (primary N) is 1. The summed E-state index contributed by atoms with van der Waals surface area (Å²) in [5, 5.41) is 4.18. The van der Waals surface area contributed by atoms with E-state index in [4.69, 9.17) is 28.9 Å². The van der Waals surface area contributed by atoms with Crippen molar-refractivity contribution in [2.45, 2.75) is 12.8 Å². The van der Waals surface area contributed by atoms with Crippen molar-refractivity contribution < 1.29 is 0 Å². The summed E-state index contributed by atoms with van der Waals surface area (Å²) in [6.45, 7) is 0.897. The van der Waals surface area contributed by atoms with Crippen LogP contribution >= 0.6 is 35.0 Å². The predicted octanol–water partition coefficient (Wildman–Crippen LogP) is 3.53. The van der Waals surface area contributed by atoms with E-state index in [-0.39, 0.29) is 0 Å². The smallest absolute Gasteiger partial charge is 0.147 e. The number of nitrogen functional groups attached to an aromatic ring is 1. The zero-order valence-corrected chi connectivity index (χ0v) is 11.7. The van der Waals surface area contributed by atoms with Crippen molar-refractivity contribution in [1.29, 1.82) is 0 Å². The third-order valence-corrected chi connectivity index (χ3v) is 4.50. The minimum Gasteiger partial charge on any atom is -0.382 e. The fraction of sp³-hybridized carbons (Fsp3) is 0.545. The third-order valence-electron chi connectivity index (χ3n) is 2.86. The molecule has 17 heavy (non-hydrogen) atoms. The molecule has 94 valence electrons. The van der Waals surface area contributed by atoms with Crippen LogP contribution < -0.4 is 11.1 Å². The van der Waals surface area contributed by atoms with Gasteiger partial charge in [-0.05, 0) is 36.3 Å². The maximum atomic E-state index is 6.05. The van der Waals surface area contributed by atoms with Crippen molar-refractivity contribution >= 4 is 46.6 Å². The fourth-order valence-electron chi connectivity index (χ4n) is 1.80. The minimum absolute atomic E-state index is 0.317. The molecule has 0 amide bonds. The van der Waals surface area contributed by atoms with Crippen LogP contribution in [0.1, 0.15) is 12.8 Å². The maximum Gasteiger partial charge on any atom is 0.147 e. The largest absolute Gasteiger partial charge is 0.382 e. The molecule has 0 unspecified atom stereocenters. The molecule has 1 aliphatic rings. The molecule has 1 aromatic rings. The molecule has 0 spiro atoms. The van der Waals surface area contributed by atoms with Gasteiger partial charge in [0, 0.05) is 6.54 Å². The summed E-state index contributed by atoms with van der Waals surface area (Å²) in [6, 6.07) is 1.63. The Morgan fingerprint density at radius 3 is 2.76 bits per heavy atom. The normalized spacial score (nSPS) is 17.1. The zero-order chi connectivity index (χ0) is 12.3. The Morgan fingerprint density at radius 2 is 2.06 bits per heavy atom. The first-order chi connectivity index (χ1) is 8.16. The van der Waals surface area contributed by atoms with Gasteiger partial charge in [0.2, 0.25) is 0 Å². The molecule has 1 aromatic heterocycles. The van der Waals surface area contributed by atoms with Crippen LogP contribution in [0.5, 0.6) is 0 Å². The number of anilines is 2. The van der Waals surface area contributed by atoms with Gasteiger partial charge in [-0.15, -0.1) is 0 Å². The van der Waals surface area contributed by atoms with Crippen molar-refractivity contribution in [1.82, 2.24) is 4.98 Å². The van der Waals surface area contributed by atoms with Crippen molar-refractivity contribution in [2.75, 3.05) is 29.1 Å². The van der Waals surface area contributed by atoms with Gasteiger partial charge in [-0.2, -0.15) is 11.8 Å². The van der Waals surface area contributed by atoms with Gasteiger partial charge in [0.1, 0.15) is 11.6 Å². The Kier molecular flexibility index (Phi) is 4.65. The molecule has 1 aliphatic heterocycles. The molecule has 3 N–H and O–H groups in total. The van der Waals surface area contributed by atoms with Gasteiger partial charge in [-0.3, -0.25) is 0 Å². The van der Waals surface area contributed by atoms with Gasteiger partial charge in [0.15, 0.2) is 0 Å². The van der Waals surface area contributed by atoms with Crippen LogP contribution in [-0.4, -0.2) is 23.0 Å². The van der Waals surface area contributed by atoms with Crippen molar-refractivity contribution in [3.05, 3.63) is 16.1 Å². The molecule has 0 atom stereocenters. The molecular weight excluding hydrogens is 277 g/mol. The second kappa shape index (κ2) is 6.03. The number of aromatic nitrogens is 1. The summed E-state index contributed by atoms with van der Waals surface area (Å²) >= 11 is 13.9. The van der Waals surface area contributed by atoms with Gasteiger partial charge in [0.05, 0.1) is 10.0 Å². The molecule has 0 aromatic carbocycles. The highest BCUT2D eigenvalue weighted by molar-refractivity contribution is 7.99. The third kappa shape index (κ3) is 3.57. The van der Waals surface area contributed by atoms with Gasteiger partial charge in [-0.1, -0.05) is 23.2 Å². The second-order valence-electron chi connectivity index (χ2n) is 4.12. The molecule has 0 aliphatic carbocycles. The van der Waals surface area contributed by atoms with E-state index in [2.05, 4.69) is 10.3 Å². The summed E-state index contributed by atoms with van der Waals surface area (Å²) in [4.78, 5) is 4.15. The van der Waals surface area contributed by atoms with E-state index in [1.165, 1.54) is 24.3 Å². The Labute approximate surface area is 115 Å². The Bertz CT molecular complexity index is 395.